The first-order valence-corrected chi connectivity index (χ1v) is 5.98. The predicted molar refractivity (Wildman–Crippen MR) is 70.8 cm³/mol. The molecule has 2 unspecified atom stereocenters. The van der Waals surface area contributed by atoms with E-state index >= 15 is 0 Å². The molecule has 2 rings (SSSR count). The van der Waals surface area contributed by atoms with Crippen LogP contribution < -0.4 is 11.1 Å². The summed E-state index contributed by atoms with van der Waals surface area (Å²) in [4.78, 5) is 8.47. The summed E-state index contributed by atoms with van der Waals surface area (Å²) < 4.78 is 13.0. The average Bonchev–Trinajstić information content (AvgIpc) is 2.35. The second kappa shape index (κ2) is 5.27. The van der Waals surface area contributed by atoms with Crippen molar-refractivity contribution >= 4 is 16.9 Å². The topological polar surface area (TPSA) is 63.8 Å². The van der Waals surface area contributed by atoms with E-state index in [-0.39, 0.29) is 11.9 Å². The minimum Gasteiger partial charge on any atom is -0.354 e. The molecule has 0 aliphatic carbocycles. The van der Waals surface area contributed by atoms with Gasteiger partial charge in [-0.15, -0.1) is 0 Å². The highest BCUT2D eigenvalue weighted by molar-refractivity contribution is 5.78. The van der Waals surface area contributed by atoms with Crippen LogP contribution in [0.25, 0.3) is 10.9 Å². The van der Waals surface area contributed by atoms with Crippen LogP contribution in [0.15, 0.2) is 24.4 Å². The minimum atomic E-state index is -0.280. The van der Waals surface area contributed by atoms with E-state index in [1.807, 2.05) is 6.92 Å². The number of rotatable bonds is 4. The number of nitrogens with two attached hydrogens (primary N) is 1. The number of aromatic nitrogens is 2. The van der Waals surface area contributed by atoms with Gasteiger partial charge in [0.15, 0.2) is 0 Å². The van der Waals surface area contributed by atoms with Crippen LogP contribution in [0.1, 0.15) is 13.8 Å². The summed E-state index contributed by atoms with van der Waals surface area (Å²) in [6.07, 6.45) is 1.62. The molecule has 0 fully saturated rings. The number of fused-ring (bicyclic) bond motifs is 1. The largest absolute Gasteiger partial charge is 0.354 e. The smallest absolute Gasteiger partial charge is 0.223 e. The zero-order valence-corrected chi connectivity index (χ0v) is 10.5. The SMILES string of the molecule is CC(N)C(C)CNc1ncc2cc(F)ccc2n1. The highest BCUT2D eigenvalue weighted by Crippen LogP contribution is 2.14. The van der Waals surface area contributed by atoms with Gasteiger partial charge >= 0.3 is 0 Å². The normalized spacial score (nSPS) is 14.4. The Hall–Kier alpha value is -1.75. The van der Waals surface area contributed by atoms with Gasteiger partial charge in [-0.2, -0.15) is 0 Å². The molecule has 0 bridgehead atoms. The van der Waals surface area contributed by atoms with Crippen LogP contribution in [0.4, 0.5) is 10.3 Å². The van der Waals surface area contributed by atoms with Crippen LogP contribution in [0, 0.1) is 11.7 Å². The molecule has 0 saturated heterocycles. The number of nitrogens with zero attached hydrogens (tertiary/aromatic N) is 2. The van der Waals surface area contributed by atoms with E-state index in [2.05, 4.69) is 22.2 Å². The van der Waals surface area contributed by atoms with Gasteiger partial charge in [0.05, 0.1) is 5.52 Å². The first-order chi connectivity index (χ1) is 8.56. The Kier molecular flexibility index (Phi) is 3.72. The van der Waals surface area contributed by atoms with E-state index in [4.69, 9.17) is 5.73 Å². The maximum atomic E-state index is 13.0. The molecular weight excluding hydrogens is 231 g/mol. The van der Waals surface area contributed by atoms with Crippen molar-refractivity contribution in [2.24, 2.45) is 11.7 Å². The van der Waals surface area contributed by atoms with Crippen LogP contribution in [0.5, 0.6) is 0 Å². The van der Waals surface area contributed by atoms with Crippen molar-refractivity contribution in [3.8, 4) is 0 Å². The summed E-state index contributed by atoms with van der Waals surface area (Å²) in [6.45, 7) is 4.74. The van der Waals surface area contributed by atoms with E-state index in [0.717, 1.165) is 5.52 Å². The molecule has 96 valence electrons. The number of hydrogen-bond donors (Lipinski definition) is 2. The average molecular weight is 248 g/mol. The maximum absolute atomic E-state index is 13.0. The van der Waals surface area contributed by atoms with E-state index in [1.165, 1.54) is 12.1 Å². The molecule has 4 nitrogen and oxygen atoms in total. The molecule has 0 aliphatic heterocycles. The molecule has 0 radical (unpaired) electrons. The molecular formula is C13H17FN4. The number of nitrogens with one attached hydrogen (secondary N) is 1. The van der Waals surface area contributed by atoms with E-state index in [0.29, 0.717) is 23.8 Å². The Morgan fingerprint density at radius 3 is 2.89 bits per heavy atom. The second-order valence-corrected chi connectivity index (χ2v) is 4.61. The van der Waals surface area contributed by atoms with Gasteiger partial charge in [0, 0.05) is 24.2 Å². The third-order valence-corrected chi connectivity index (χ3v) is 3.02. The molecule has 0 saturated carbocycles. The molecule has 0 spiro atoms. The third-order valence-electron chi connectivity index (χ3n) is 3.02. The van der Waals surface area contributed by atoms with Gasteiger partial charge in [-0.05, 0) is 31.0 Å². The fraction of sp³-hybridized carbons (Fsp3) is 0.385. The Bertz CT molecular complexity index is 542. The van der Waals surface area contributed by atoms with Crippen molar-refractivity contribution in [3.63, 3.8) is 0 Å². The maximum Gasteiger partial charge on any atom is 0.223 e. The highest BCUT2D eigenvalue weighted by atomic mass is 19.1. The van der Waals surface area contributed by atoms with E-state index in [1.54, 1.807) is 12.3 Å². The van der Waals surface area contributed by atoms with E-state index in [9.17, 15) is 4.39 Å². The fourth-order valence-corrected chi connectivity index (χ4v) is 1.53. The number of halogens is 1. The van der Waals surface area contributed by atoms with Crippen LogP contribution in [-0.2, 0) is 0 Å². The zero-order valence-electron chi connectivity index (χ0n) is 10.5. The fourth-order valence-electron chi connectivity index (χ4n) is 1.53. The molecule has 5 heteroatoms. The van der Waals surface area contributed by atoms with Crippen LogP contribution in [0.3, 0.4) is 0 Å². The number of benzene rings is 1. The molecule has 1 aromatic carbocycles. The van der Waals surface area contributed by atoms with Crippen molar-refractivity contribution in [1.29, 1.82) is 0 Å². The lowest BCUT2D eigenvalue weighted by molar-refractivity contribution is 0.506. The summed E-state index contributed by atoms with van der Waals surface area (Å²) in [6, 6.07) is 4.58. The molecule has 2 atom stereocenters. The van der Waals surface area contributed by atoms with Gasteiger partial charge in [-0.3, -0.25) is 0 Å². The number of anilines is 1. The van der Waals surface area contributed by atoms with Gasteiger partial charge in [0.2, 0.25) is 5.95 Å². The van der Waals surface area contributed by atoms with Gasteiger partial charge < -0.3 is 11.1 Å². The summed E-state index contributed by atoms with van der Waals surface area (Å²) >= 11 is 0. The first kappa shape index (κ1) is 12.7. The van der Waals surface area contributed by atoms with Gasteiger partial charge in [0.1, 0.15) is 5.82 Å². The van der Waals surface area contributed by atoms with Crippen molar-refractivity contribution in [3.05, 3.63) is 30.2 Å². The molecule has 18 heavy (non-hydrogen) atoms. The molecule has 1 aromatic heterocycles. The molecule has 1 heterocycles. The number of hydrogen-bond acceptors (Lipinski definition) is 4. The van der Waals surface area contributed by atoms with Crippen molar-refractivity contribution < 1.29 is 4.39 Å². The summed E-state index contributed by atoms with van der Waals surface area (Å²) in [7, 11) is 0. The lowest BCUT2D eigenvalue weighted by atomic mass is 10.1. The van der Waals surface area contributed by atoms with Gasteiger partial charge in [-0.1, -0.05) is 6.92 Å². The zero-order chi connectivity index (χ0) is 13.1. The summed E-state index contributed by atoms with van der Waals surface area (Å²) in [5.74, 6) is 0.594. The molecule has 0 amide bonds. The van der Waals surface area contributed by atoms with Gasteiger partial charge in [-0.25, -0.2) is 14.4 Å². The van der Waals surface area contributed by atoms with Crippen LogP contribution >= 0.6 is 0 Å². The molecule has 3 N–H and O–H groups in total. The monoisotopic (exact) mass is 248 g/mol. The van der Waals surface area contributed by atoms with Crippen molar-refractivity contribution in [1.82, 2.24) is 9.97 Å². The standard InChI is InChI=1S/C13H17FN4/c1-8(9(2)15)6-16-13-17-7-10-5-11(14)3-4-12(10)18-13/h3-5,7-9H,6,15H2,1-2H3,(H,16,17,18). The van der Waals surface area contributed by atoms with Gasteiger partial charge in [0.25, 0.3) is 0 Å². The third kappa shape index (κ3) is 2.92. The lowest BCUT2D eigenvalue weighted by Gasteiger charge is -2.15. The first-order valence-electron chi connectivity index (χ1n) is 5.98. The summed E-state index contributed by atoms with van der Waals surface area (Å²) in [5, 5.41) is 3.83. The Labute approximate surface area is 105 Å². The highest BCUT2D eigenvalue weighted by Gasteiger charge is 2.08. The van der Waals surface area contributed by atoms with Crippen molar-refractivity contribution in [2.75, 3.05) is 11.9 Å². The van der Waals surface area contributed by atoms with Crippen LogP contribution in [0.2, 0.25) is 0 Å². The Morgan fingerprint density at radius 2 is 2.17 bits per heavy atom. The Balaban J connectivity index is 2.13. The minimum absolute atomic E-state index is 0.118. The second-order valence-electron chi connectivity index (χ2n) is 4.61. The molecule has 2 aromatic rings. The Morgan fingerprint density at radius 1 is 1.39 bits per heavy atom. The van der Waals surface area contributed by atoms with E-state index < -0.39 is 0 Å². The lowest BCUT2D eigenvalue weighted by Crippen LogP contribution is -2.29. The molecule has 0 aliphatic rings. The quantitative estimate of drug-likeness (QED) is 0.870. The van der Waals surface area contributed by atoms with Crippen molar-refractivity contribution in [2.45, 2.75) is 19.9 Å². The predicted octanol–water partition coefficient (Wildman–Crippen LogP) is 2.16. The van der Waals surface area contributed by atoms with Crippen LogP contribution in [-0.4, -0.2) is 22.6 Å². The summed E-state index contributed by atoms with van der Waals surface area (Å²) in [5.41, 5.74) is 6.51.